The zero-order valence-corrected chi connectivity index (χ0v) is 7.47. The van der Waals surface area contributed by atoms with E-state index in [4.69, 9.17) is 0 Å². The van der Waals surface area contributed by atoms with Crippen LogP contribution in [0.2, 0.25) is 5.28 Å². The molecule has 0 aromatic heterocycles. The third kappa shape index (κ3) is 2.39. The number of hydrogen-bond donors (Lipinski definition) is 0. The molecule has 0 atom stereocenters. The van der Waals surface area contributed by atoms with E-state index in [2.05, 4.69) is 25.2 Å². The van der Waals surface area contributed by atoms with Crippen LogP contribution in [0.1, 0.15) is 19.8 Å². The molecule has 0 radical (unpaired) electrons. The number of rotatable bonds is 3. The number of hydrogen-bond acceptors (Lipinski definition) is 0. The molecule has 0 aromatic rings. The van der Waals surface area contributed by atoms with Gasteiger partial charge in [-0.1, -0.05) is 36.9 Å². The van der Waals surface area contributed by atoms with Crippen molar-refractivity contribution in [1.29, 1.82) is 0 Å². The third-order valence-electron chi connectivity index (χ3n) is 1.70. The second kappa shape index (κ2) is 3.93. The fourth-order valence-corrected chi connectivity index (χ4v) is 2.56. The summed E-state index contributed by atoms with van der Waals surface area (Å²) < 4.78 is 1.75. The van der Waals surface area contributed by atoms with Gasteiger partial charge in [-0.05, 0) is 6.42 Å². The summed E-state index contributed by atoms with van der Waals surface area (Å²) in [6, 6.07) is 0. The van der Waals surface area contributed by atoms with Crippen molar-refractivity contribution in [2.75, 3.05) is 0 Å². The molecular weight excluding hydrogens is 123 g/mol. The fourth-order valence-electron chi connectivity index (χ4n) is 1.08. The van der Waals surface area contributed by atoms with Gasteiger partial charge < -0.3 is 0 Å². The van der Waals surface area contributed by atoms with Crippen LogP contribution in [0.4, 0.5) is 0 Å². The van der Waals surface area contributed by atoms with E-state index in [-0.39, 0.29) is 15.2 Å². The largest absolute Gasteiger partial charge is 0.276 e. The molecule has 1 aliphatic carbocycles. The van der Waals surface area contributed by atoms with Crippen LogP contribution >= 0.6 is 0 Å². The summed E-state index contributed by atoms with van der Waals surface area (Å²) in [5.41, 5.74) is 0. The summed E-state index contributed by atoms with van der Waals surface area (Å²) in [6.07, 6.45) is 9.41. The van der Waals surface area contributed by atoms with Gasteiger partial charge >= 0.3 is 0 Å². The molecule has 9 heavy (non-hydrogen) atoms. The third-order valence-corrected chi connectivity index (χ3v) is 3.93. The molecule has 0 amide bonds. The van der Waals surface area contributed by atoms with Crippen molar-refractivity contribution in [2.24, 2.45) is 0 Å². The lowest BCUT2D eigenvalue weighted by molar-refractivity contribution is 1.07. The highest BCUT2D eigenvalue weighted by Gasteiger charge is 1.99. The van der Waals surface area contributed by atoms with Gasteiger partial charge in [0.15, 0.2) is 0 Å². The van der Waals surface area contributed by atoms with Crippen molar-refractivity contribution in [2.45, 2.75) is 25.0 Å². The molecule has 0 aliphatic heterocycles. The second-order valence-corrected chi connectivity index (χ2v) is 4.68. The van der Waals surface area contributed by atoms with Gasteiger partial charge in [0.05, 0.1) is 0 Å². The molecule has 0 aromatic carbocycles. The summed E-state index contributed by atoms with van der Waals surface area (Å²) >= 11 is 0.186. The molecule has 48 valence electrons. The molecule has 0 saturated heterocycles. The van der Waals surface area contributed by atoms with Gasteiger partial charge in [-0.15, -0.1) is 4.44 Å². The molecule has 0 heterocycles. The Balaban J connectivity index is 2.14. The highest BCUT2D eigenvalue weighted by molar-refractivity contribution is 6.45. The van der Waals surface area contributed by atoms with Crippen LogP contribution in [0, 0.1) is 0 Å². The summed E-state index contributed by atoms with van der Waals surface area (Å²) in [4.78, 5) is 0. The zero-order valence-electron chi connectivity index (χ0n) is 6.06. The maximum absolute atomic E-state index is 2.31. The Labute approximate surface area is 63.4 Å². The van der Waals surface area contributed by atoms with Gasteiger partial charge in [0.25, 0.3) is 15.2 Å². The predicted molar refractivity (Wildman–Crippen MR) is 44.1 cm³/mol. The lowest BCUT2D eigenvalue weighted by Crippen LogP contribution is -1.91. The molecule has 1 rings (SSSR count). The van der Waals surface area contributed by atoms with Crippen molar-refractivity contribution < 1.29 is 0 Å². The maximum Gasteiger partial charge on any atom is 0.276 e. The summed E-state index contributed by atoms with van der Waals surface area (Å²) in [5.74, 6) is 0. The Kier molecular flexibility index (Phi) is 3.11. The van der Waals surface area contributed by atoms with Crippen LogP contribution in [-0.2, 0) is 0 Å². The highest BCUT2D eigenvalue weighted by Crippen LogP contribution is 2.10. The van der Waals surface area contributed by atoms with E-state index < -0.39 is 0 Å². The average Bonchev–Trinajstić information content (AvgIpc) is 2.34. The van der Waals surface area contributed by atoms with Crippen molar-refractivity contribution >= 4 is 15.2 Å². The Morgan fingerprint density at radius 2 is 2.56 bits per heavy atom. The molecule has 0 N–H and O–H groups in total. The minimum atomic E-state index is 0.186. The van der Waals surface area contributed by atoms with E-state index in [0.29, 0.717) is 0 Å². The van der Waals surface area contributed by atoms with E-state index in [1.54, 1.807) is 4.44 Å². The Hall–Kier alpha value is 0.0125. The first-order valence-electron chi connectivity index (χ1n) is 3.78. The van der Waals surface area contributed by atoms with Gasteiger partial charge in [-0.25, -0.2) is 0 Å². The summed E-state index contributed by atoms with van der Waals surface area (Å²) in [5, 5.41) is 1.49. The Morgan fingerprint density at radius 1 is 1.67 bits per heavy atom. The average molecular weight is 136 g/mol. The minimum Gasteiger partial charge on any atom is -0.132 e. The van der Waals surface area contributed by atoms with Crippen LogP contribution < -0.4 is 0 Å². The van der Waals surface area contributed by atoms with Crippen molar-refractivity contribution in [3.63, 3.8) is 0 Å². The van der Waals surface area contributed by atoms with Gasteiger partial charge in [-0.2, -0.15) is 0 Å². The lowest BCUT2D eigenvalue weighted by Gasteiger charge is -1.93. The lowest BCUT2D eigenvalue weighted by atomic mass is 10.5. The van der Waals surface area contributed by atoms with Crippen LogP contribution in [-0.4, -0.2) is 15.2 Å². The van der Waals surface area contributed by atoms with Crippen LogP contribution in [0.25, 0.3) is 0 Å². The molecule has 0 saturated carbocycles. The molecule has 0 unspecified atom stereocenters. The number of allylic oxidation sites excluding steroid dienone is 4. The molecule has 0 fully saturated rings. The topological polar surface area (TPSA) is 0 Å². The standard InChI is InChI=1S/C5H5.C3H7.Al.H/c1-2-4-5-3-1;1-3-2;;/h1-3H,4H2;1,3H2,2H3;;. The first-order valence-corrected chi connectivity index (χ1v) is 5.48. The van der Waals surface area contributed by atoms with Gasteiger partial charge in [0.2, 0.25) is 0 Å². The predicted octanol–water partition coefficient (Wildman–Crippen LogP) is 2.09. The smallest absolute Gasteiger partial charge is 0.132 e. The fraction of sp³-hybridized carbons (Fsp3) is 0.500. The maximum atomic E-state index is 2.31. The van der Waals surface area contributed by atoms with Gasteiger partial charge in [0.1, 0.15) is 0 Å². The molecule has 0 bridgehead atoms. The van der Waals surface area contributed by atoms with E-state index in [9.17, 15) is 0 Å². The molecule has 0 spiro atoms. The van der Waals surface area contributed by atoms with E-state index >= 15 is 0 Å². The Bertz CT molecular complexity index is 134. The zero-order chi connectivity index (χ0) is 6.53. The van der Waals surface area contributed by atoms with Crippen molar-refractivity contribution in [3.05, 3.63) is 22.7 Å². The molecule has 0 nitrogen and oxygen atoms in total. The molecule has 1 aliphatic rings. The van der Waals surface area contributed by atoms with Crippen LogP contribution in [0.15, 0.2) is 22.7 Å². The SMILES string of the molecule is CC[CH2][AlH][C]1=CC=CC1. The molecule has 1 heteroatoms. The van der Waals surface area contributed by atoms with E-state index in [1.165, 1.54) is 18.1 Å². The first-order chi connectivity index (χ1) is 4.43. The summed E-state index contributed by atoms with van der Waals surface area (Å²) in [7, 11) is 0. The van der Waals surface area contributed by atoms with Crippen LogP contribution in [0.3, 0.4) is 0 Å². The van der Waals surface area contributed by atoms with Crippen molar-refractivity contribution in [1.82, 2.24) is 0 Å². The normalized spacial score (nSPS) is 15.9. The first kappa shape index (κ1) is 7.12. The minimum absolute atomic E-state index is 0.186. The van der Waals surface area contributed by atoms with Crippen molar-refractivity contribution in [3.8, 4) is 0 Å². The van der Waals surface area contributed by atoms with E-state index in [0.717, 1.165) is 0 Å². The highest BCUT2D eigenvalue weighted by atomic mass is 27.1. The van der Waals surface area contributed by atoms with Gasteiger partial charge in [-0.3, -0.25) is 0 Å². The monoisotopic (exact) mass is 136 g/mol. The van der Waals surface area contributed by atoms with E-state index in [1.807, 2.05) is 0 Å². The van der Waals surface area contributed by atoms with Gasteiger partial charge in [0, 0.05) is 0 Å². The second-order valence-electron chi connectivity index (χ2n) is 2.56. The quantitative estimate of drug-likeness (QED) is 0.521. The molecular formula is C8H13Al. The van der Waals surface area contributed by atoms with Crippen LogP contribution in [0.5, 0.6) is 0 Å². The summed E-state index contributed by atoms with van der Waals surface area (Å²) in [6.45, 7) is 2.27. The Morgan fingerprint density at radius 3 is 3.11 bits per heavy atom.